The Labute approximate surface area is 128 Å². The largest absolute Gasteiger partial charge is 0.386 e. The van der Waals surface area contributed by atoms with Gasteiger partial charge in [-0.1, -0.05) is 30.3 Å². The van der Waals surface area contributed by atoms with Gasteiger partial charge in [0.05, 0.1) is 6.54 Å². The molecule has 3 N–H and O–H groups in total. The van der Waals surface area contributed by atoms with E-state index in [1.54, 1.807) is 0 Å². The third-order valence-electron chi connectivity index (χ3n) is 3.20. The molecule has 0 radical (unpaired) electrons. The van der Waals surface area contributed by atoms with E-state index in [4.69, 9.17) is 0 Å². The molecular formula is C16H20N2O2S. The Morgan fingerprint density at radius 1 is 1.24 bits per heavy atom. The first-order chi connectivity index (χ1) is 10.2. The first-order valence-corrected chi connectivity index (χ1v) is 7.82. The SMILES string of the molecule is Cc1ccsc1C(O)CNC(=O)NCCc1ccccc1. The number of aliphatic hydroxyl groups excluding tert-OH is 1. The second kappa shape index (κ2) is 7.81. The molecule has 0 aliphatic carbocycles. The smallest absolute Gasteiger partial charge is 0.314 e. The lowest BCUT2D eigenvalue weighted by Gasteiger charge is -2.12. The van der Waals surface area contributed by atoms with Gasteiger partial charge in [-0.15, -0.1) is 11.3 Å². The lowest BCUT2D eigenvalue weighted by molar-refractivity contribution is 0.176. The first kappa shape index (κ1) is 15.5. The Morgan fingerprint density at radius 3 is 2.67 bits per heavy atom. The molecule has 1 aromatic carbocycles. The minimum Gasteiger partial charge on any atom is -0.386 e. The summed E-state index contributed by atoms with van der Waals surface area (Å²) in [6, 6.07) is 11.7. The third kappa shape index (κ3) is 4.88. The topological polar surface area (TPSA) is 61.4 Å². The van der Waals surface area contributed by atoms with Crippen LogP contribution in [0.1, 0.15) is 22.1 Å². The lowest BCUT2D eigenvalue weighted by atomic mass is 10.1. The highest BCUT2D eigenvalue weighted by atomic mass is 32.1. The van der Waals surface area contributed by atoms with Gasteiger partial charge in [0.15, 0.2) is 0 Å². The van der Waals surface area contributed by atoms with Crippen molar-refractivity contribution in [2.45, 2.75) is 19.4 Å². The Kier molecular flexibility index (Phi) is 5.78. The zero-order valence-electron chi connectivity index (χ0n) is 12.0. The van der Waals surface area contributed by atoms with Crippen LogP contribution in [0.5, 0.6) is 0 Å². The van der Waals surface area contributed by atoms with Crippen LogP contribution >= 0.6 is 11.3 Å². The molecule has 2 aromatic rings. The Balaban J connectivity index is 1.67. The zero-order valence-corrected chi connectivity index (χ0v) is 12.8. The highest BCUT2D eigenvalue weighted by Crippen LogP contribution is 2.22. The Morgan fingerprint density at radius 2 is 2.00 bits per heavy atom. The van der Waals surface area contributed by atoms with E-state index in [0.717, 1.165) is 16.9 Å². The second-order valence-corrected chi connectivity index (χ2v) is 5.80. The molecule has 2 amide bonds. The predicted molar refractivity (Wildman–Crippen MR) is 85.6 cm³/mol. The highest BCUT2D eigenvalue weighted by molar-refractivity contribution is 7.10. The minimum atomic E-state index is -0.648. The average Bonchev–Trinajstić information content (AvgIpc) is 2.92. The third-order valence-corrected chi connectivity index (χ3v) is 4.32. The second-order valence-electron chi connectivity index (χ2n) is 4.86. The number of rotatable bonds is 6. The quantitative estimate of drug-likeness (QED) is 0.768. The number of hydrogen-bond acceptors (Lipinski definition) is 3. The number of hydrogen-bond donors (Lipinski definition) is 3. The Hall–Kier alpha value is -1.85. The van der Waals surface area contributed by atoms with Gasteiger partial charge in [-0.25, -0.2) is 4.79 Å². The molecule has 5 heteroatoms. The van der Waals surface area contributed by atoms with Crippen molar-refractivity contribution in [2.24, 2.45) is 0 Å². The van der Waals surface area contributed by atoms with Crippen LogP contribution in [0.25, 0.3) is 0 Å². The van der Waals surface area contributed by atoms with Gasteiger partial charge in [0.2, 0.25) is 0 Å². The molecule has 0 saturated carbocycles. The van der Waals surface area contributed by atoms with E-state index in [1.807, 2.05) is 48.7 Å². The zero-order chi connectivity index (χ0) is 15.1. The van der Waals surface area contributed by atoms with Crippen LogP contribution in [-0.2, 0) is 6.42 Å². The van der Waals surface area contributed by atoms with Gasteiger partial charge in [-0.05, 0) is 35.9 Å². The standard InChI is InChI=1S/C16H20N2O2S/c1-12-8-10-21-15(12)14(19)11-18-16(20)17-9-7-13-5-3-2-4-6-13/h2-6,8,10,14,19H,7,9,11H2,1H3,(H2,17,18,20). The van der Waals surface area contributed by atoms with Gasteiger partial charge in [0.1, 0.15) is 6.10 Å². The molecule has 1 unspecified atom stereocenters. The normalized spacial score (nSPS) is 11.9. The van der Waals surface area contributed by atoms with Crippen molar-refractivity contribution in [3.63, 3.8) is 0 Å². The van der Waals surface area contributed by atoms with Crippen molar-refractivity contribution >= 4 is 17.4 Å². The summed E-state index contributed by atoms with van der Waals surface area (Å²) < 4.78 is 0. The minimum absolute atomic E-state index is 0.221. The number of thiophene rings is 1. The number of amides is 2. The van der Waals surface area contributed by atoms with Gasteiger partial charge in [-0.3, -0.25) is 0 Å². The van der Waals surface area contributed by atoms with Crippen LogP contribution in [0, 0.1) is 6.92 Å². The molecule has 0 aliphatic rings. The van der Waals surface area contributed by atoms with E-state index < -0.39 is 6.10 Å². The van der Waals surface area contributed by atoms with Gasteiger partial charge in [0, 0.05) is 11.4 Å². The van der Waals surface area contributed by atoms with E-state index in [-0.39, 0.29) is 12.6 Å². The number of nitrogens with one attached hydrogen (secondary N) is 2. The summed E-state index contributed by atoms with van der Waals surface area (Å²) in [6.45, 7) is 2.75. The van der Waals surface area contributed by atoms with Crippen molar-refractivity contribution in [1.82, 2.24) is 10.6 Å². The van der Waals surface area contributed by atoms with Crippen LogP contribution in [0.15, 0.2) is 41.8 Å². The molecule has 2 rings (SSSR count). The molecule has 4 nitrogen and oxygen atoms in total. The van der Waals surface area contributed by atoms with Crippen molar-refractivity contribution in [3.05, 3.63) is 57.8 Å². The van der Waals surface area contributed by atoms with E-state index in [2.05, 4.69) is 10.6 Å². The maximum Gasteiger partial charge on any atom is 0.314 e. The fourth-order valence-electron chi connectivity index (χ4n) is 2.04. The summed E-state index contributed by atoms with van der Waals surface area (Å²) in [5, 5.41) is 17.4. The van der Waals surface area contributed by atoms with Crippen LogP contribution < -0.4 is 10.6 Å². The number of urea groups is 1. The summed E-state index contributed by atoms with van der Waals surface area (Å²) in [7, 11) is 0. The molecule has 1 aromatic heterocycles. The Bertz CT molecular complexity index is 569. The summed E-state index contributed by atoms with van der Waals surface area (Å²) in [5.41, 5.74) is 2.24. The highest BCUT2D eigenvalue weighted by Gasteiger charge is 2.12. The molecule has 112 valence electrons. The maximum atomic E-state index is 11.7. The molecule has 1 heterocycles. The van der Waals surface area contributed by atoms with Gasteiger partial charge < -0.3 is 15.7 Å². The predicted octanol–water partition coefficient (Wildman–Crippen LogP) is 2.63. The van der Waals surface area contributed by atoms with Gasteiger partial charge in [-0.2, -0.15) is 0 Å². The summed E-state index contributed by atoms with van der Waals surface area (Å²) in [5.74, 6) is 0. The fourth-order valence-corrected chi connectivity index (χ4v) is 2.95. The van der Waals surface area contributed by atoms with E-state index in [1.165, 1.54) is 16.9 Å². The van der Waals surface area contributed by atoms with Crippen molar-refractivity contribution in [1.29, 1.82) is 0 Å². The molecule has 0 saturated heterocycles. The number of aliphatic hydroxyl groups is 1. The number of aryl methyl sites for hydroxylation is 1. The van der Waals surface area contributed by atoms with Crippen LogP contribution in [0.3, 0.4) is 0 Å². The van der Waals surface area contributed by atoms with Crippen molar-refractivity contribution in [3.8, 4) is 0 Å². The maximum absolute atomic E-state index is 11.7. The monoisotopic (exact) mass is 304 g/mol. The number of benzene rings is 1. The van der Waals surface area contributed by atoms with E-state index in [9.17, 15) is 9.90 Å². The molecule has 0 fully saturated rings. The number of carbonyl (C=O) groups is 1. The van der Waals surface area contributed by atoms with Gasteiger partial charge in [0.25, 0.3) is 0 Å². The summed E-state index contributed by atoms with van der Waals surface area (Å²) in [6.07, 6.45) is 0.144. The molecule has 0 aliphatic heterocycles. The van der Waals surface area contributed by atoms with Crippen LogP contribution in [-0.4, -0.2) is 24.2 Å². The number of carbonyl (C=O) groups excluding carboxylic acids is 1. The van der Waals surface area contributed by atoms with Crippen molar-refractivity contribution in [2.75, 3.05) is 13.1 Å². The summed E-state index contributed by atoms with van der Waals surface area (Å²) >= 11 is 1.50. The van der Waals surface area contributed by atoms with Crippen LogP contribution in [0.2, 0.25) is 0 Å². The summed E-state index contributed by atoms with van der Waals surface area (Å²) in [4.78, 5) is 12.6. The van der Waals surface area contributed by atoms with Crippen LogP contribution in [0.4, 0.5) is 4.79 Å². The average molecular weight is 304 g/mol. The molecule has 0 spiro atoms. The first-order valence-electron chi connectivity index (χ1n) is 6.94. The van der Waals surface area contributed by atoms with E-state index in [0.29, 0.717) is 6.54 Å². The van der Waals surface area contributed by atoms with E-state index >= 15 is 0 Å². The van der Waals surface area contributed by atoms with Crippen molar-refractivity contribution < 1.29 is 9.90 Å². The van der Waals surface area contributed by atoms with Gasteiger partial charge >= 0.3 is 6.03 Å². The molecule has 1 atom stereocenters. The molecular weight excluding hydrogens is 284 g/mol. The fraction of sp³-hybridized carbons (Fsp3) is 0.312. The lowest BCUT2D eigenvalue weighted by Crippen LogP contribution is -2.38. The molecule has 0 bridgehead atoms. The molecule has 21 heavy (non-hydrogen) atoms.